The van der Waals surface area contributed by atoms with Gasteiger partial charge < -0.3 is 16.0 Å². The van der Waals surface area contributed by atoms with E-state index in [4.69, 9.17) is 5.73 Å². The molecule has 0 unspecified atom stereocenters. The molecule has 3 heterocycles. The van der Waals surface area contributed by atoms with Gasteiger partial charge in [-0.25, -0.2) is 4.68 Å². The smallest absolute Gasteiger partial charge is 0.315 e. The van der Waals surface area contributed by atoms with Gasteiger partial charge in [0.25, 0.3) is 0 Å². The Morgan fingerprint density at radius 3 is 2.59 bits per heavy atom. The minimum Gasteiger partial charge on any atom is -0.369 e. The molecule has 4 rings (SSSR count). The van der Waals surface area contributed by atoms with Gasteiger partial charge in [0.2, 0.25) is 5.91 Å². The number of likely N-dealkylation sites (tertiary alicyclic amines) is 1. The van der Waals surface area contributed by atoms with Gasteiger partial charge >= 0.3 is 11.8 Å². The van der Waals surface area contributed by atoms with Crippen molar-refractivity contribution < 1.29 is 14.4 Å². The van der Waals surface area contributed by atoms with Crippen LogP contribution in [0, 0.1) is 12.8 Å². The van der Waals surface area contributed by atoms with E-state index in [1.165, 1.54) is 4.90 Å². The second-order valence-electron chi connectivity index (χ2n) is 7.39. The fourth-order valence-corrected chi connectivity index (χ4v) is 4.82. The summed E-state index contributed by atoms with van der Waals surface area (Å²) >= 11 is 1.73. The summed E-state index contributed by atoms with van der Waals surface area (Å²) < 4.78 is 1.73. The van der Waals surface area contributed by atoms with Crippen LogP contribution in [-0.2, 0) is 25.9 Å². The molecule has 1 aromatic heterocycles. The van der Waals surface area contributed by atoms with Crippen molar-refractivity contribution in [1.82, 2.24) is 14.7 Å². The summed E-state index contributed by atoms with van der Waals surface area (Å²) in [5.74, 6) is 0.230. The zero-order valence-electron chi connectivity index (χ0n) is 16.2. The van der Waals surface area contributed by atoms with Gasteiger partial charge in [-0.2, -0.15) is 16.9 Å². The topological polar surface area (TPSA) is 110 Å². The summed E-state index contributed by atoms with van der Waals surface area (Å²) in [6.45, 7) is 2.69. The molecule has 0 spiro atoms. The molecule has 1 saturated heterocycles. The second-order valence-corrected chi connectivity index (χ2v) is 8.37. The van der Waals surface area contributed by atoms with E-state index < -0.39 is 11.8 Å². The maximum absolute atomic E-state index is 12.8. The van der Waals surface area contributed by atoms with Crippen LogP contribution in [0.25, 0.3) is 5.69 Å². The molecule has 2 aromatic rings. The van der Waals surface area contributed by atoms with Gasteiger partial charge in [0, 0.05) is 36.1 Å². The molecule has 8 nitrogen and oxygen atoms in total. The molecule has 0 radical (unpaired) electrons. The number of rotatable bonds is 3. The zero-order chi connectivity index (χ0) is 20.5. The van der Waals surface area contributed by atoms with Gasteiger partial charge in [0.15, 0.2) is 0 Å². The Kier molecular flexibility index (Phi) is 5.31. The highest BCUT2D eigenvalue weighted by atomic mass is 32.2. The van der Waals surface area contributed by atoms with Gasteiger partial charge in [-0.05, 0) is 31.4 Å². The number of primary amides is 1. The van der Waals surface area contributed by atoms with Crippen LogP contribution in [-0.4, -0.2) is 45.5 Å². The fourth-order valence-electron chi connectivity index (χ4n) is 3.79. The van der Waals surface area contributed by atoms with E-state index in [1.807, 2.05) is 31.2 Å². The Labute approximate surface area is 172 Å². The maximum Gasteiger partial charge on any atom is 0.315 e. The van der Waals surface area contributed by atoms with E-state index in [-0.39, 0.29) is 11.8 Å². The van der Waals surface area contributed by atoms with E-state index in [2.05, 4.69) is 10.4 Å². The summed E-state index contributed by atoms with van der Waals surface area (Å²) in [5.41, 5.74) is 9.14. The lowest BCUT2D eigenvalue weighted by Gasteiger charge is -2.30. The summed E-state index contributed by atoms with van der Waals surface area (Å²) in [4.78, 5) is 38.2. The van der Waals surface area contributed by atoms with Crippen LogP contribution in [0.15, 0.2) is 24.3 Å². The molecular formula is C20H23N5O3S. The Bertz CT molecular complexity index is 978. The third-order valence-corrected chi connectivity index (χ3v) is 6.48. The van der Waals surface area contributed by atoms with Gasteiger partial charge in [0.05, 0.1) is 11.4 Å². The highest BCUT2D eigenvalue weighted by molar-refractivity contribution is 7.98. The predicted molar refractivity (Wildman–Crippen MR) is 110 cm³/mol. The summed E-state index contributed by atoms with van der Waals surface area (Å²) in [6.07, 6.45) is 0.975. The van der Waals surface area contributed by atoms with Gasteiger partial charge in [-0.3, -0.25) is 14.4 Å². The van der Waals surface area contributed by atoms with E-state index in [0.29, 0.717) is 31.7 Å². The van der Waals surface area contributed by atoms with Crippen LogP contribution in [0.1, 0.15) is 29.7 Å². The normalized spacial score (nSPS) is 16.5. The molecule has 2 aliphatic rings. The van der Waals surface area contributed by atoms with Crippen molar-refractivity contribution >= 4 is 35.3 Å². The third kappa shape index (κ3) is 3.74. The average Bonchev–Trinajstić information content (AvgIpc) is 3.30. The lowest BCUT2D eigenvalue weighted by molar-refractivity contribution is -0.144. The Hall–Kier alpha value is -2.81. The number of fused-ring (bicyclic) bond motifs is 1. The summed E-state index contributed by atoms with van der Waals surface area (Å²) in [7, 11) is 0. The van der Waals surface area contributed by atoms with E-state index in [0.717, 1.165) is 34.0 Å². The number of aryl methyl sites for hydroxylation is 1. The average molecular weight is 414 g/mol. The Balaban J connectivity index is 1.55. The molecular weight excluding hydrogens is 390 g/mol. The first-order valence-electron chi connectivity index (χ1n) is 9.59. The predicted octanol–water partition coefficient (Wildman–Crippen LogP) is 1.59. The minimum atomic E-state index is -0.683. The van der Waals surface area contributed by atoms with Crippen LogP contribution in [0.4, 0.5) is 5.82 Å². The number of aromatic nitrogens is 2. The number of carbonyl (C=O) groups is 3. The number of amides is 3. The molecule has 1 aromatic carbocycles. The zero-order valence-corrected chi connectivity index (χ0v) is 17.0. The number of nitrogens with two attached hydrogens (primary N) is 1. The number of hydrogen-bond donors (Lipinski definition) is 2. The first-order valence-corrected chi connectivity index (χ1v) is 10.7. The van der Waals surface area contributed by atoms with E-state index in [9.17, 15) is 14.4 Å². The van der Waals surface area contributed by atoms with Crippen molar-refractivity contribution in [2.24, 2.45) is 11.7 Å². The van der Waals surface area contributed by atoms with Crippen molar-refractivity contribution in [2.45, 2.75) is 31.3 Å². The van der Waals surface area contributed by atoms with Gasteiger partial charge in [-0.1, -0.05) is 18.2 Å². The molecule has 0 bridgehead atoms. The Morgan fingerprint density at radius 2 is 1.90 bits per heavy atom. The largest absolute Gasteiger partial charge is 0.369 e. The maximum atomic E-state index is 12.8. The monoisotopic (exact) mass is 413 g/mol. The highest BCUT2D eigenvalue weighted by Crippen LogP contribution is 2.36. The molecule has 0 aliphatic carbocycles. The molecule has 152 valence electrons. The number of thioether (sulfide) groups is 1. The molecule has 0 atom stereocenters. The Morgan fingerprint density at radius 1 is 1.17 bits per heavy atom. The van der Waals surface area contributed by atoms with Gasteiger partial charge in [-0.15, -0.1) is 0 Å². The van der Waals surface area contributed by atoms with Crippen molar-refractivity contribution in [1.29, 1.82) is 0 Å². The lowest BCUT2D eigenvalue weighted by atomic mass is 9.96. The number of hydrogen-bond acceptors (Lipinski definition) is 5. The van der Waals surface area contributed by atoms with Crippen LogP contribution in [0.2, 0.25) is 0 Å². The number of nitrogens with zero attached hydrogens (tertiary/aromatic N) is 3. The van der Waals surface area contributed by atoms with Crippen molar-refractivity contribution in [3.05, 3.63) is 41.1 Å². The molecule has 0 saturated carbocycles. The first-order chi connectivity index (χ1) is 14.0. The number of carbonyl (C=O) groups excluding carboxylic acids is 3. The van der Waals surface area contributed by atoms with E-state index >= 15 is 0 Å². The van der Waals surface area contributed by atoms with Crippen molar-refractivity contribution in [2.75, 3.05) is 18.4 Å². The summed E-state index contributed by atoms with van der Waals surface area (Å²) in [6, 6.07) is 7.79. The molecule has 9 heteroatoms. The molecule has 3 N–H and O–H groups in total. The second kappa shape index (κ2) is 7.90. The standard InChI is InChI=1S/C20H23N5O3S/c1-12-4-2-3-5-16(12)25-18(14-10-29-11-15(14)23-25)22-19(27)20(28)24-8-6-13(7-9-24)17(21)26/h2-5,13H,6-11H2,1H3,(H2,21,26)(H,22,27). The van der Waals surface area contributed by atoms with Crippen LogP contribution >= 0.6 is 11.8 Å². The highest BCUT2D eigenvalue weighted by Gasteiger charge is 2.31. The number of benzene rings is 1. The summed E-state index contributed by atoms with van der Waals surface area (Å²) in [5, 5.41) is 7.49. The van der Waals surface area contributed by atoms with E-state index in [1.54, 1.807) is 16.4 Å². The van der Waals surface area contributed by atoms with Crippen molar-refractivity contribution in [3.8, 4) is 5.69 Å². The molecule has 1 fully saturated rings. The van der Waals surface area contributed by atoms with Gasteiger partial charge in [0.1, 0.15) is 5.82 Å². The molecule has 2 aliphatic heterocycles. The number of anilines is 1. The van der Waals surface area contributed by atoms with Crippen molar-refractivity contribution in [3.63, 3.8) is 0 Å². The number of para-hydroxylation sites is 1. The first kappa shape index (κ1) is 19.5. The molecule has 3 amide bonds. The van der Waals surface area contributed by atoms with Crippen LogP contribution in [0.5, 0.6) is 0 Å². The quantitative estimate of drug-likeness (QED) is 0.743. The third-order valence-electron chi connectivity index (χ3n) is 5.51. The minimum absolute atomic E-state index is 0.232. The fraction of sp³-hybridized carbons (Fsp3) is 0.400. The SMILES string of the molecule is Cc1ccccc1-n1nc2c(c1NC(=O)C(=O)N1CCC(C(N)=O)CC1)CSC2. The van der Waals surface area contributed by atoms with Crippen LogP contribution in [0.3, 0.4) is 0 Å². The number of piperidine rings is 1. The molecule has 29 heavy (non-hydrogen) atoms. The van der Waals surface area contributed by atoms with Crippen LogP contribution < -0.4 is 11.1 Å². The lowest BCUT2D eigenvalue weighted by Crippen LogP contribution is -2.46. The number of nitrogens with one attached hydrogen (secondary N) is 1.